The summed E-state index contributed by atoms with van der Waals surface area (Å²) in [6.07, 6.45) is 9.34. The Morgan fingerprint density at radius 1 is 1.22 bits per heavy atom. The molecule has 1 N–H and O–H groups in total. The summed E-state index contributed by atoms with van der Waals surface area (Å²) in [5.41, 5.74) is 0.525. The zero-order valence-electron chi connectivity index (χ0n) is 10.6. The summed E-state index contributed by atoms with van der Waals surface area (Å²) in [7, 11) is 0. The van der Waals surface area contributed by atoms with E-state index in [-0.39, 0.29) is 5.91 Å². The van der Waals surface area contributed by atoms with Crippen LogP contribution in [0.25, 0.3) is 0 Å². The molecule has 0 spiro atoms. The third kappa shape index (κ3) is 4.07. The fourth-order valence-electron chi connectivity index (χ4n) is 2.19. The van der Waals surface area contributed by atoms with Gasteiger partial charge >= 0.3 is 0 Å². The molecule has 0 aromatic carbocycles. The summed E-state index contributed by atoms with van der Waals surface area (Å²) in [4.78, 5) is 21.8. The molecule has 18 heavy (non-hydrogen) atoms. The first kappa shape index (κ1) is 13.0. The molecule has 98 valence electrons. The summed E-state index contributed by atoms with van der Waals surface area (Å²) < 4.78 is 0. The predicted molar refractivity (Wildman–Crippen MR) is 69.3 cm³/mol. The van der Waals surface area contributed by atoms with E-state index in [1.165, 1.54) is 44.7 Å². The molecule has 1 amide bonds. The second kappa shape index (κ2) is 7.06. The quantitative estimate of drug-likeness (QED) is 0.765. The molecule has 0 atom stereocenters. The van der Waals surface area contributed by atoms with Crippen molar-refractivity contribution >= 4 is 5.91 Å². The number of hydrogen-bond acceptors (Lipinski definition) is 4. The number of amides is 1. The normalized spacial score (nSPS) is 15.8. The summed E-state index contributed by atoms with van der Waals surface area (Å²) in [6.45, 7) is 4.37. The minimum Gasteiger partial charge on any atom is -0.352 e. The maximum absolute atomic E-state index is 11.7. The van der Waals surface area contributed by atoms with E-state index in [0.29, 0.717) is 5.56 Å². The summed E-state index contributed by atoms with van der Waals surface area (Å²) in [6, 6.07) is 0. The standard InChI is InChI=1S/C13H20N4O/c18-13(12-9-14-11-15-10-12)16-5-1-2-6-17-7-3-4-8-17/h9-11H,1-8H2,(H,16,18). The number of likely N-dealkylation sites (tertiary alicyclic amines) is 1. The van der Waals surface area contributed by atoms with Gasteiger partial charge in [0.2, 0.25) is 0 Å². The highest BCUT2D eigenvalue weighted by Crippen LogP contribution is 2.07. The van der Waals surface area contributed by atoms with Crippen LogP contribution in [0.5, 0.6) is 0 Å². The van der Waals surface area contributed by atoms with E-state index in [4.69, 9.17) is 0 Å². The van der Waals surface area contributed by atoms with Crippen LogP contribution in [0.3, 0.4) is 0 Å². The smallest absolute Gasteiger partial charge is 0.254 e. The van der Waals surface area contributed by atoms with E-state index in [0.717, 1.165) is 25.9 Å². The lowest BCUT2D eigenvalue weighted by atomic mass is 10.2. The van der Waals surface area contributed by atoms with E-state index < -0.39 is 0 Å². The molecule has 0 aliphatic carbocycles. The van der Waals surface area contributed by atoms with Crippen molar-refractivity contribution in [2.75, 3.05) is 26.2 Å². The number of aromatic nitrogens is 2. The number of nitrogens with one attached hydrogen (secondary N) is 1. The molecule has 2 heterocycles. The van der Waals surface area contributed by atoms with E-state index >= 15 is 0 Å². The third-order valence-corrected chi connectivity index (χ3v) is 3.21. The van der Waals surface area contributed by atoms with Gasteiger partial charge in [-0.15, -0.1) is 0 Å². The van der Waals surface area contributed by atoms with Crippen molar-refractivity contribution in [2.45, 2.75) is 25.7 Å². The van der Waals surface area contributed by atoms with Crippen LogP contribution in [0.2, 0.25) is 0 Å². The van der Waals surface area contributed by atoms with E-state index in [1.807, 2.05) is 0 Å². The van der Waals surface area contributed by atoms with Gasteiger partial charge in [0.1, 0.15) is 6.33 Å². The number of nitrogens with zero attached hydrogens (tertiary/aromatic N) is 3. The number of hydrogen-bond donors (Lipinski definition) is 1. The second-order valence-corrected chi connectivity index (χ2v) is 4.64. The highest BCUT2D eigenvalue weighted by molar-refractivity contribution is 5.93. The predicted octanol–water partition coefficient (Wildman–Crippen LogP) is 1.08. The number of rotatable bonds is 6. The van der Waals surface area contributed by atoms with Crippen LogP contribution in [0.4, 0.5) is 0 Å². The van der Waals surface area contributed by atoms with Crippen LogP contribution in [0.1, 0.15) is 36.0 Å². The molecule has 0 bridgehead atoms. The molecule has 1 aromatic rings. The lowest BCUT2D eigenvalue weighted by Crippen LogP contribution is -2.26. The van der Waals surface area contributed by atoms with Gasteiger partial charge in [-0.05, 0) is 45.3 Å². The monoisotopic (exact) mass is 248 g/mol. The molecule has 0 radical (unpaired) electrons. The molecule has 1 aliphatic rings. The van der Waals surface area contributed by atoms with Gasteiger partial charge in [0.05, 0.1) is 5.56 Å². The molecule has 1 fully saturated rings. The fourth-order valence-corrected chi connectivity index (χ4v) is 2.19. The summed E-state index contributed by atoms with van der Waals surface area (Å²) in [5, 5.41) is 2.89. The maximum atomic E-state index is 11.7. The van der Waals surface area contributed by atoms with Gasteiger partial charge < -0.3 is 10.2 Å². The molecule has 1 aromatic heterocycles. The van der Waals surface area contributed by atoms with Gasteiger partial charge in [0.15, 0.2) is 0 Å². The topological polar surface area (TPSA) is 58.1 Å². The van der Waals surface area contributed by atoms with Crippen LogP contribution in [-0.2, 0) is 0 Å². The Hall–Kier alpha value is -1.49. The van der Waals surface area contributed by atoms with Crippen molar-refractivity contribution in [1.29, 1.82) is 0 Å². The average molecular weight is 248 g/mol. The summed E-state index contributed by atoms with van der Waals surface area (Å²) in [5.74, 6) is -0.0863. The number of unbranched alkanes of at least 4 members (excludes halogenated alkanes) is 1. The number of carbonyl (C=O) groups is 1. The van der Waals surface area contributed by atoms with Gasteiger partial charge in [-0.2, -0.15) is 0 Å². The molecule has 0 saturated carbocycles. The zero-order valence-corrected chi connectivity index (χ0v) is 10.6. The highest BCUT2D eigenvalue weighted by Gasteiger charge is 2.10. The van der Waals surface area contributed by atoms with Gasteiger partial charge in [0, 0.05) is 18.9 Å². The molecule has 2 rings (SSSR count). The van der Waals surface area contributed by atoms with Gasteiger partial charge in [-0.1, -0.05) is 0 Å². The van der Waals surface area contributed by atoms with Crippen LogP contribution in [0, 0.1) is 0 Å². The molecular weight excluding hydrogens is 228 g/mol. The first-order chi connectivity index (χ1) is 8.86. The minimum atomic E-state index is -0.0863. The minimum absolute atomic E-state index is 0.0863. The Morgan fingerprint density at radius 2 is 1.94 bits per heavy atom. The highest BCUT2D eigenvalue weighted by atomic mass is 16.1. The van der Waals surface area contributed by atoms with Crippen molar-refractivity contribution in [3.63, 3.8) is 0 Å². The molecule has 1 saturated heterocycles. The van der Waals surface area contributed by atoms with Gasteiger partial charge in [0.25, 0.3) is 5.91 Å². The van der Waals surface area contributed by atoms with Crippen LogP contribution in [0.15, 0.2) is 18.7 Å². The van der Waals surface area contributed by atoms with Crippen molar-refractivity contribution < 1.29 is 4.79 Å². The largest absolute Gasteiger partial charge is 0.352 e. The second-order valence-electron chi connectivity index (χ2n) is 4.64. The Morgan fingerprint density at radius 3 is 2.67 bits per heavy atom. The van der Waals surface area contributed by atoms with Crippen LogP contribution in [-0.4, -0.2) is 47.0 Å². The van der Waals surface area contributed by atoms with Gasteiger partial charge in [-0.25, -0.2) is 9.97 Å². The van der Waals surface area contributed by atoms with Crippen molar-refractivity contribution in [3.8, 4) is 0 Å². The van der Waals surface area contributed by atoms with Crippen LogP contribution >= 0.6 is 0 Å². The van der Waals surface area contributed by atoms with Crippen molar-refractivity contribution in [3.05, 3.63) is 24.3 Å². The van der Waals surface area contributed by atoms with E-state index in [2.05, 4.69) is 20.2 Å². The lowest BCUT2D eigenvalue weighted by Gasteiger charge is -2.13. The zero-order chi connectivity index (χ0) is 12.6. The Kier molecular flexibility index (Phi) is 5.08. The average Bonchev–Trinajstić information content (AvgIpc) is 2.92. The maximum Gasteiger partial charge on any atom is 0.254 e. The lowest BCUT2D eigenvalue weighted by molar-refractivity contribution is 0.0952. The van der Waals surface area contributed by atoms with E-state index in [9.17, 15) is 4.79 Å². The van der Waals surface area contributed by atoms with Crippen LogP contribution < -0.4 is 5.32 Å². The molecular formula is C13H20N4O. The molecule has 5 nitrogen and oxygen atoms in total. The molecule has 1 aliphatic heterocycles. The van der Waals surface area contributed by atoms with Crippen molar-refractivity contribution in [2.24, 2.45) is 0 Å². The van der Waals surface area contributed by atoms with Gasteiger partial charge in [-0.3, -0.25) is 4.79 Å². The Balaban J connectivity index is 1.56. The Labute approximate surface area is 108 Å². The SMILES string of the molecule is O=C(NCCCCN1CCCC1)c1cncnc1. The fraction of sp³-hybridized carbons (Fsp3) is 0.615. The third-order valence-electron chi connectivity index (χ3n) is 3.21. The Bertz CT molecular complexity index is 363. The summed E-state index contributed by atoms with van der Waals surface area (Å²) >= 11 is 0. The molecule has 5 heteroatoms. The van der Waals surface area contributed by atoms with E-state index in [1.54, 1.807) is 0 Å². The van der Waals surface area contributed by atoms with Crippen molar-refractivity contribution in [1.82, 2.24) is 20.2 Å². The first-order valence-corrected chi connectivity index (χ1v) is 6.62. The first-order valence-electron chi connectivity index (χ1n) is 6.62. The number of carbonyl (C=O) groups excluding carboxylic acids is 1. The molecule has 0 unspecified atom stereocenters.